The molecule has 2 heterocycles. The summed E-state index contributed by atoms with van der Waals surface area (Å²) in [6, 6.07) is 0. The third-order valence-corrected chi connectivity index (χ3v) is 3.20. The fraction of sp³-hybridized carbons (Fsp3) is 0.667. The van der Waals surface area contributed by atoms with Gasteiger partial charge in [-0.05, 0) is 0 Å². The number of rotatable bonds is 2. The molecule has 0 aromatic carbocycles. The first-order valence-corrected chi connectivity index (χ1v) is 6.09. The van der Waals surface area contributed by atoms with Crippen LogP contribution in [0.1, 0.15) is 13.8 Å². The highest BCUT2D eigenvalue weighted by atomic mass is 16.2. The van der Waals surface area contributed by atoms with Gasteiger partial charge in [0.2, 0.25) is 5.91 Å². The average molecular weight is 236 g/mol. The first-order valence-electron chi connectivity index (χ1n) is 6.09. The number of aryl methyl sites for hydroxylation is 1. The Morgan fingerprint density at radius 3 is 2.41 bits per heavy atom. The monoisotopic (exact) mass is 236 g/mol. The Balaban J connectivity index is 1.95. The molecule has 94 valence electrons. The molecule has 1 aliphatic heterocycles. The van der Waals surface area contributed by atoms with Crippen LogP contribution in [-0.4, -0.2) is 46.5 Å². The Hall–Kier alpha value is -1.52. The number of aromatic nitrogens is 2. The second kappa shape index (κ2) is 4.77. The van der Waals surface area contributed by atoms with Crippen molar-refractivity contribution in [2.24, 2.45) is 13.0 Å². The molecule has 0 radical (unpaired) electrons. The second-order valence-electron chi connectivity index (χ2n) is 4.83. The quantitative estimate of drug-likeness (QED) is 0.760. The summed E-state index contributed by atoms with van der Waals surface area (Å²) in [5, 5.41) is 0. The average Bonchev–Trinajstić information content (AvgIpc) is 2.74. The third kappa shape index (κ3) is 2.43. The lowest BCUT2D eigenvalue weighted by molar-refractivity contribution is -0.134. The lowest BCUT2D eigenvalue weighted by Crippen LogP contribution is -2.50. The molecule has 1 aromatic heterocycles. The summed E-state index contributed by atoms with van der Waals surface area (Å²) in [5.74, 6) is 1.48. The largest absolute Gasteiger partial charge is 0.353 e. The van der Waals surface area contributed by atoms with Gasteiger partial charge in [-0.15, -0.1) is 0 Å². The van der Waals surface area contributed by atoms with Gasteiger partial charge in [0.15, 0.2) is 0 Å². The molecule has 17 heavy (non-hydrogen) atoms. The highest BCUT2D eigenvalue weighted by molar-refractivity contribution is 5.78. The van der Waals surface area contributed by atoms with E-state index in [2.05, 4.69) is 9.88 Å². The summed E-state index contributed by atoms with van der Waals surface area (Å²) in [5.41, 5.74) is 0. The van der Waals surface area contributed by atoms with Crippen molar-refractivity contribution in [2.45, 2.75) is 13.8 Å². The van der Waals surface area contributed by atoms with Crippen molar-refractivity contribution in [1.29, 1.82) is 0 Å². The van der Waals surface area contributed by atoms with Crippen LogP contribution < -0.4 is 4.90 Å². The van der Waals surface area contributed by atoms with Crippen molar-refractivity contribution in [1.82, 2.24) is 14.5 Å². The molecule has 1 saturated heterocycles. The van der Waals surface area contributed by atoms with E-state index in [1.165, 1.54) is 0 Å². The molecule has 2 rings (SSSR count). The van der Waals surface area contributed by atoms with Crippen molar-refractivity contribution in [2.75, 3.05) is 31.1 Å². The molecule has 1 aromatic rings. The van der Waals surface area contributed by atoms with Gasteiger partial charge in [-0.3, -0.25) is 4.79 Å². The summed E-state index contributed by atoms with van der Waals surface area (Å²) >= 11 is 0. The number of piperazine rings is 1. The maximum Gasteiger partial charge on any atom is 0.225 e. The normalized spacial score (nSPS) is 16.7. The second-order valence-corrected chi connectivity index (χ2v) is 4.83. The summed E-state index contributed by atoms with van der Waals surface area (Å²) in [6.45, 7) is 7.30. The van der Waals surface area contributed by atoms with Gasteiger partial charge >= 0.3 is 0 Å². The smallest absolute Gasteiger partial charge is 0.225 e. The Kier molecular flexibility index (Phi) is 3.36. The fourth-order valence-corrected chi connectivity index (χ4v) is 2.18. The van der Waals surface area contributed by atoms with E-state index in [1.807, 2.05) is 36.6 Å². The minimum atomic E-state index is 0.0956. The molecule has 5 nitrogen and oxygen atoms in total. The van der Waals surface area contributed by atoms with Gasteiger partial charge in [0.25, 0.3) is 0 Å². The van der Waals surface area contributed by atoms with Crippen LogP contribution in [-0.2, 0) is 11.8 Å². The maximum atomic E-state index is 11.8. The maximum absolute atomic E-state index is 11.8. The van der Waals surface area contributed by atoms with E-state index in [-0.39, 0.29) is 11.8 Å². The summed E-state index contributed by atoms with van der Waals surface area (Å²) in [7, 11) is 1.99. The summed E-state index contributed by atoms with van der Waals surface area (Å²) in [6.07, 6.45) is 3.68. The van der Waals surface area contributed by atoms with Gasteiger partial charge in [-0.25, -0.2) is 4.98 Å². The fourth-order valence-electron chi connectivity index (χ4n) is 2.18. The van der Waals surface area contributed by atoms with Crippen LogP contribution in [0.3, 0.4) is 0 Å². The van der Waals surface area contributed by atoms with Gasteiger partial charge in [0.05, 0.1) is 12.5 Å². The van der Waals surface area contributed by atoms with Gasteiger partial charge in [-0.2, -0.15) is 0 Å². The van der Waals surface area contributed by atoms with E-state index in [1.54, 1.807) is 6.33 Å². The highest BCUT2D eigenvalue weighted by Crippen LogP contribution is 2.15. The van der Waals surface area contributed by atoms with E-state index < -0.39 is 0 Å². The number of amides is 1. The standard InChI is InChI=1S/C12H20N4O/c1-10(2)12(17)16-6-4-15(5-7-16)11-8-13-9-14(11)3/h8-10H,4-7H2,1-3H3. The molecule has 0 saturated carbocycles. The lowest BCUT2D eigenvalue weighted by Gasteiger charge is -2.36. The van der Waals surface area contributed by atoms with Crippen molar-refractivity contribution in [3.8, 4) is 0 Å². The third-order valence-electron chi connectivity index (χ3n) is 3.20. The van der Waals surface area contributed by atoms with Crippen LogP contribution >= 0.6 is 0 Å². The van der Waals surface area contributed by atoms with Gasteiger partial charge in [0, 0.05) is 39.1 Å². The van der Waals surface area contributed by atoms with Crippen LogP contribution in [0.5, 0.6) is 0 Å². The van der Waals surface area contributed by atoms with Crippen LogP contribution in [0.2, 0.25) is 0 Å². The Bertz CT molecular complexity index is 391. The number of imidazole rings is 1. The van der Waals surface area contributed by atoms with Crippen LogP contribution in [0.25, 0.3) is 0 Å². The van der Waals surface area contributed by atoms with E-state index in [0.717, 1.165) is 32.0 Å². The molecule has 0 aliphatic carbocycles. The molecule has 0 N–H and O–H groups in total. The first-order chi connectivity index (χ1) is 8.09. The van der Waals surface area contributed by atoms with Gasteiger partial charge < -0.3 is 14.4 Å². The van der Waals surface area contributed by atoms with E-state index >= 15 is 0 Å². The summed E-state index contributed by atoms with van der Waals surface area (Å²) in [4.78, 5) is 20.2. The number of hydrogen-bond acceptors (Lipinski definition) is 3. The number of carbonyl (C=O) groups is 1. The first kappa shape index (κ1) is 12.0. The predicted molar refractivity (Wildman–Crippen MR) is 66.8 cm³/mol. The van der Waals surface area contributed by atoms with Crippen molar-refractivity contribution in [3.63, 3.8) is 0 Å². The van der Waals surface area contributed by atoms with Gasteiger partial charge in [-0.1, -0.05) is 13.8 Å². The van der Waals surface area contributed by atoms with Crippen LogP contribution in [0, 0.1) is 5.92 Å². The minimum absolute atomic E-state index is 0.0956. The van der Waals surface area contributed by atoms with Crippen molar-refractivity contribution >= 4 is 11.7 Å². The van der Waals surface area contributed by atoms with Crippen LogP contribution in [0.15, 0.2) is 12.5 Å². The molecule has 0 atom stereocenters. The molecule has 5 heteroatoms. The lowest BCUT2D eigenvalue weighted by atomic mass is 10.1. The molecule has 0 unspecified atom stereocenters. The van der Waals surface area contributed by atoms with E-state index in [4.69, 9.17) is 0 Å². The molecule has 1 fully saturated rings. The number of hydrogen-bond donors (Lipinski definition) is 0. The SMILES string of the molecule is CC(C)C(=O)N1CCN(c2cncn2C)CC1. The van der Waals surface area contributed by atoms with Gasteiger partial charge in [0.1, 0.15) is 5.82 Å². The molecule has 0 bridgehead atoms. The Morgan fingerprint density at radius 1 is 1.29 bits per heavy atom. The van der Waals surface area contributed by atoms with Crippen molar-refractivity contribution < 1.29 is 4.79 Å². The Labute approximate surface area is 102 Å². The van der Waals surface area contributed by atoms with E-state index in [0.29, 0.717) is 0 Å². The zero-order valence-corrected chi connectivity index (χ0v) is 10.8. The molecular formula is C12H20N4O. The van der Waals surface area contributed by atoms with E-state index in [9.17, 15) is 4.79 Å². The topological polar surface area (TPSA) is 41.4 Å². The molecule has 1 aliphatic rings. The molecular weight excluding hydrogens is 216 g/mol. The van der Waals surface area contributed by atoms with Crippen molar-refractivity contribution in [3.05, 3.63) is 12.5 Å². The summed E-state index contributed by atoms with van der Waals surface area (Å²) < 4.78 is 2.01. The molecule has 1 amide bonds. The Morgan fingerprint density at radius 2 is 1.94 bits per heavy atom. The number of carbonyl (C=O) groups excluding carboxylic acids is 1. The molecule has 0 spiro atoms. The zero-order chi connectivity index (χ0) is 12.4. The minimum Gasteiger partial charge on any atom is -0.353 e. The predicted octanol–water partition coefficient (Wildman–Crippen LogP) is 0.725. The number of nitrogens with zero attached hydrogens (tertiary/aromatic N) is 4. The number of anilines is 1. The zero-order valence-electron chi connectivity index (χ0n) is 10.8. The highest BCUT2D eigenvalue weighted by Gasteiger charge is 2.23. The van der Waals surface area contributed by atoms with Crippen LogP contribution in [0.4, 0.5) is 5.82 Å².